The van der Waals surface area contributed by atoms with Crippen LogP contribution in [0.3, 0.4) is 0 Å². The molecule has 1 aromatic carbocycles. The summed E-state index contributed by atoms with van der Waals surface area (Å²) in [6.45, 7) is 4.59. The second-order valence-electron chi connectivity index (χ2n) is 6.99. The number of aromatic nitrogens is 1. The number of hydrogen-bond acceptors (Lipinski definition) is 3. The Labute approximate surface area is 135 Å². The molecule has 2 saturated heterocycles. The second kappa shape index (κ2) is 6.17. The maximum atomic E-state index is 12.3. The number of hydrogen-bond donors (Lipinski definition) is 0. The Hall–Kier alpha value is -1.13. The first-order chi connectivity index (χ1) is 10.8. The van der Waals surface area contributed by atoms with Crippen molar-refractivity contribution in [3.63, 3.8) is 0 Å². The fourth-order valence-electron chi connectivity index (χ4n) is 4.19. The van der Waals surface area contributed by atoms with E-state index < -0.39 is 0 Å². The lowest BCUT2D eigenvalue weighted by molar-refractivity contribution is 0.246. The molecule has 2 aliphatic heterocycles. The number of rotatable bonds is 4. The van der Waals surface area contributed by atoms with Crippen LogP contribution in [0.15, 0.2) is 29.1 Å². The first-order valence-corrected chi connectivity index (χ1v) is 9.38. The maximum Gasteiger partial charge on any atom is 0.268 e. The third-order valence-corrected chi connectivity index (χ3v) is 6.51. The summed E-state index contributed by atoms with van der Waals surface area (Å²) in [4.78, 5) is 15.0. The summed E-state index contributed by atoms with van der Waals surface area (Å²) >= 11 is 1.61. The molecule has 2 bridgehead atoms. The smallest absolute Gasteiger partial charge is 0.268 e. The highest BCUT2D eigenvalue weighted by atomic mass is 32.1. The standard InChI is InChI=1S/C18H24N2OS/c21-18-16-4-1-2-5-17(16)22-20(18)11-3-10-19-12-14-6-7-15(13-19)9-8-14/h1-2,4-5,14-15H,3,6-13H2. The molecule has 0 atom stereocenters. The van der Waals surface area contributed by atoms with Crippen LogP contribution >= 0.6 is 11.5 Å². The van der Waals surface area contributed by atoms with Crippen molar-refractivity contribution in [1.29, 1.82) is 0 Å². The van der Waals surface area contributed by atoms with E-state index in [1.807, 2.05) is 28.2 Å². The van der Waals surface area contributed by atoms with Crippen LogP contribution in [-0.4, -0.2) is 28.5 Å². The van der Waals surface area contributed by atoms with Crippen LogP contribution in [0.25, 0.3) is 10.1 Å². The summed E-state index contributed by atoms with van der Waals surface area (Å²) in [5.74, 6) is 1.87. The molecule has 0 amide bonds. The van der Waals surface area contributed by atoms with Gasteiger partial charge in [0.2, 0.25) is 0 Å². The molecule has 118 valence electrons. The average Bonchev–Trinajstić information content (AvgIpc) is 2.71. The molecule has 5 rings (SSSR count). The molecule has 1 aromatic heterocycles. The zero-order valence-electron chi connectivity index (χ0n) is 13.0. The van der Waals surface area contributed by atoms with E-state index in [-0.39, 0.29) is 5.56 Å². The SMILES string of the molecule is O=c1c2ccccc2sn1CCCN1CC2CCC(CC2)C1. The van der Waals surface area contributed by atoms with Crippen molar-refractivity contribution in [1.82, 2.24) is 8.86 Å². The van der Waals surface area contributed by atoms with Crippen LogP contribution in [0.5, 0.6) is 0 Å². The molecular weight excluding hydrogens is 292 g/mol. The predicted octanol–water partition coefficient (Wildman–Crippen LogP) is 3.58. The minimum Gasteiger partial charge on any atom is -0.303 e. The molecular formula is C18H24N2OS. The Balaban J connectivity index is 1.38. The van der Waals surface area contributed by atoms with Crippen molar-refractivity contribution < 1.29 is 0 Å². The van der Waals surface area contributed by atoms with Crippen LogP contribution < -0.4 is 5.56 Å². The zero-order chi connectivity index (χ0) is 14.9. The Bertz CT molecular complexity index is 682. The van der Waals surface area contributed by atoms with Gasteiger partial charge in [-0.25, -0.2) is 0 Å². The molecule has 22 heavy (non-hydrogen) atoms. The largest absolute Gasteiger partial charge is 0.303 e. The van der Waals surface area contributed by atoms with E-state index in [1.54, 1.807) is 11.5 Å². The van der Waals surface area contributed by atoms with Crippen molar-refractivity contribution in [2.75, 3.05) is 19.6 Å². The molecule has 2 aromatic rings. The summed E-state index contributed by atoms with van der Waals surface area (Å²) in [6, 6.07) is 7.95. The summed E-state index contributed by atoms with van der Waals surface area (Å²) in [6.07, 6.45) is 6.86. The van der Waals surface area contributed by atoms with Gasteiger partial charge in [0.05, 0.1) is 10.1 Å². The van der Waals surface area contributed by atoms with Crippen molar-refractivity contribution >= 4 is 21.6 Å². The third-order valence-electron chi connectivity index (χ3n) is 5.39. The van der Waals surface area contributed by atoms with E-state index in [1.165, 1.54) is 38.8 Å². The molecule has 3 nitrogen and oxygen atoms in total. The van der Waals surface area contributed by atoms with Crippen molar-refractivity contribution in [2.24, 2.45) is 11.8 Å². The van der Waals surface area contributed by atoms with E-state index >= 15 is 0 Å². The predicted molar refractivity (Wildman–Crippen MR) is 92.6 cm³/mol. The minimum absolute atomic E-state index is 0.191. The van der Waals surface area contributed by atoms with Gasteiger partial charge in [0.25, 0.3) is 5.56 Å². The van der Waals surface area contributed by atoms with Gasteiger partial charge >= 0.3 is 0 Å². The molecule has 0 N–H and O–H groups in total. The monoisotopic (exact) mass is 316 g/mol. The van der Waals surface area contributed by atoms with Gasteiger partial charge in [-0.1, -0.05) is 23.7 Å². The van der Waals surface area contributed by atoms with Gasteiger partial charge in [-0.05, 0) is 62.6 Å². The highest BCUT2D eigenvalue weighted by Crippen LogP contribution is 2.33. The normalized spacial score (nSPS) is 25.6. The Morgan fingerprint density at radius 3 is 2.36 bits per heavy atom. The van der Waals surface area contributed by atoms with Gasteiger partial charge < -0.3 is 4.90 Å². The number of benzene rings is 1. The van der Waals surface area contributed by atoms with Gasteiger partial charge in [-0.15, -0.1) is 0 Å². The van der Waals surface area contributed by atoms with Crippen LogP contribution in [0, 0.1) is 11.8 Å². The topological polar surface area (TPSA) is 25.2 Å². The molecule has 3 fully saturated rings. The molecule has 4 heteroatoms. The fraction of sp³-hybridized carbons (Fsp3) is 0.611. The number of aryl methyl sites for hydroxylation is 1. The molecule has 0 spiro atoms. The minimum atomic E-state index is 0.191. The van der Waals surface area contributed by atoms with Gasteiger partial charge in [0.1, 0.15) is 0 Å². The van der Waals surface area contributed by atoms with Crippen molar-refractivity contribution in [3.05, 3.63) is 34.6 Å². The maximum absolute atomic E-state index is 12.3. The summed E-state index contributed by atoms with van der Waals surface area (Å²) in [5, 5.41) is 0.875. The van der Waals surface area contributed by atoms with Crippen LogP contribution in [0.1, 0.15) is 32.1 Å². The van der Waals surface area contributed by atoms with Crippen LogP contribution in [0.4, 0.5) is 0 Å². The lowest BCUT2D eigenvalue weighted by Gasteiger charge is -2.21. The van der Waals surface area contributed by atoms with Gasteiger partial charge in [-0.2, -0.15) is 0 Å². The lowest BCUT2D eigenvalue weighted by atomic mass is 9.84. The molecule has 0 unspecified atom stereocenters. The Kier molecular flexibility index (Phi) is 4.05. The van der Waals surface area contributed by atoms with E-state index in [9.17, 15) is 4.79 Å². The molecule has 1 aliphatic carbocycles. The molecule has 0 radical (unpaired) electrons. The fourth-order valence-corrected chi connectivity index (χ4v) is 5.22. The van der Waals surface area contributed by atoms with Gasteiger partial charge in [-0.3, -0.25) is 8.75 Å². The first-order valence-electron chi connectivity index (χ1n) is 8.61. The van der Waals surface area contributed by atoms with E-state index in [4.69, 9.17) is 0 Å². The quantitative estimate of drug-likeness (QED) is 0.861. The Morgan fingerprint density at radius 1 is 1.00 bits per heavy atom. The van der Waals surface area contributed by atoms with E-state index in [2.05, 4.69) is 4.90 Å². The highest BCUT2D eigenvalue weighted by Gasteiger charge is 2.28. The average molecular weight is 316 g/mol. The molecule has 3 aliphatic rings. The first kappa shape index (κ1) is 14.5. The third kappa shape index (κ3) is 2.86. The number of nitrogens with zero attached hydrogens (tertiary/aromatic N) is 2. The number of fused-ring (bicyclic) bond motifs is 5. The van der Waals surface area contributed by atoms with Crippen molar-refractivity contribution in [3.8, 4) is 0 Å². The second-order valence-corrected chi connectivity index (χ2v) is 8.06. The van der Waals surface area contributed by atoms with E-state index in [0.717, 1.165) is 41.4 Å². The van der Waals surface area contributed by atoms with Crippen LogP contribution in [-0.2, 0) is 6.54 Å². The highest BCUT2D eigenvalue weighted by molar-refractivity contribution is 7.13. The van der Waals surface area contributed by atoms with Crippen molar-refractivity contribution in [2.45, 2.75) is 38.6 Å². The molecule has 3 heterocycles. The molecule has 1 saturated carbocycles. The van der Waals surface area contributed by atoms with E-state index in [0.29, 0.717) is 0 Å². The Morgan fingerprint density at radius 2 is 1.68 bits per heavy atom. The summed E-state index contributed by atoms with van der Waals surface area (Å²) in [5.41, 5.74) is 0.191. The van der Waals surface area contributed by atoms with Gasteiger partial charge in [0.15, 0.2) is 0 Å². The summed E-state index contributed by atoms with van der Waals surface area (Å²) in [7, 11) is 0. The lowest BCUT2D eigenvalue weighted by Crippen LogP contribution is -2.30. The summed E-state index contributed by atoms with van der Waals surface area (Å²) < 4.78 is 3.05. The van der Waals surface area contributed by atoms with Crippen LogP contribution in [0.2, 0.25) is 0 Å². The zero-order valence-corrected chi connectivity index (χ0v) is 13.9. The van der Waals surface area contributed by atoms with Gasteiger partial charge in [0, 0.05) is 19.6 Å².